The van der Waals surface area contributed by atoms with Gasteiger partial charge in [0.25, 0.3) is 0 Å². The van der Waals surface area contributed by atoms with Gasteiger partial charge in [-0.15, -0.1) is 0 Å². The number of halogens is 2. The van der Waals surface area contributed by atoms with Crippen molar-refractivity contribution in [3.63, 3.8) is 0 Å². The lowest BCUT2D eigenvalue weighted by molar-refractivity contribution is -0.138. The van der Waals surface area contributed by atoms with E-state index in [9.17, 15) is 18.7 Å². The molecular weight excluding hydrogens is 500 g/mol. The molecule has 5 rings (SSSR count). The van der Waals surface area contributed by atoms with Crippen molar-refractivity contribution in [2.45, 2.75) is 37.4 Å². The summed E-state index contributed by atoms with van der Waals surface area (Å²) in [7, 11) is 0. The zero-order valence-corrected chi connectivity index (χ0v) is 21.8. The molecule has 4 aromatic rings. The third-order valence-electron chi connectivity index (χ3n) is 7.09. The molecule has 1 N–H and O–H groups in total. The zero-order chi connectivity index (χ0) is 26.5. The first-order valence-electron chi connectivity index (χ1n) is 12.8. The first-order chi connectivity index (χ1) is 18.4. The largest absolute Gasteiger partial charge is 0.481 e. The molecule has 3 nitrogen and oxygen atoms in total. The number of pyridine rings is 1. The maximum atomic E-state index is 13.7. The van der Waals surface area contributed by atoms with Gasteiger partial charge in [-0.25, -0.2) is 13.8 Å². The van der Waals surface area contributed by atoms with E-state index in [4.69, 9.17) is 0 Å². The summed E-state index contributed by atoms with van der Waals surface area (Å²) in [5.41, 5.74) is 4.53. The molecule has 0 spiro atoms. The minimum absolute atomic E-state index is 0.0663. The number of aryl methyl sites for hydroxylation is 1. The summed E-state index contributed by atoms with van der Waals surface area (Å²) in [5, 5.41) is 10.1. The van der Waals surface area contributed by atoms with Gasteiger partial charge in [0.1, 0.15) is 0 Å². The highest BCUT2D eigenvalue weighted by atomic mass is 32.2. The second kappa shape index (κ2) is 11.5. The van der Waals surface area contributed by atoms with Gasteiger partial charge in [0.05, 0.1) is 17.6 Å². The Morgan fingerprint density at radius 1 is 0.974 bits per heavy atom. The summed E-state index contributed by atoms with van der Waals surface area (Å²) in [6, 6.07) is 24.6. The first-order valence-corrected chi connectivity index (χ1v) is 13.9. The van der Waals surface area contributed by atoms with Crippen molar-refractivity contribution < 1.29 is 18.7 Å². The Morgan fingerprint density at radius 3 is 2.53 bits per heavy atom. The Morgan fingerprint density at radius 2 is 1.76 bits per heavy atom. The van der Waals surface area contributed by atoms with Crippen LogP contribution in [0.5, 0.6) is 0 Å². The third kappa shape index (κ3) is 6.67. The molecule has 3 aromatic carbocycles. The molecule has 1 aliphatic rings. The van der Waals surface area contributed by atoms with Crippen LogP contribution in [0.2, 0.25) is 0 Å². The van der Waals surface area contributed by atoms with E-state index in [2.05, 4.69) is 41.4 Å². The van der Waals surface area contributed by atoms with Crippen LogP contribution in [0.3, 0.4) is 0 Å². The van der Waals surface area contributed by atoms with Crippen molar-refractivity contribution in [2.24, 2.45) is 5.41 Å². The number of thioether (sulfide) groups is 1. The van der Waals surface area contributed by atoms with Crippen molar-refractivity contribution in [2.75, 3.05) is 5.75 Å². The summed E-state index contributed by atoms with van der Waals surface area (Å²) in [4.78, 5) is 15.8. The summed E-state index contributed by atoms with van der Waals surface area (Å²) in [6.07, 6.45) is 7.96. The Labute approximate surface area is 225 Å². The Kier molecular flexibility index (Phi) is 7.89. The Balaban J connectivity index is 1.34. The predicted molar refractivity (Wildman–Crippen MR) is 151 cm³/mol. The number of hydrogen-bond donors (Lipinski definition) is 1. The number of hydrogen-bond acceptors (Lipinski definition) is 3. The quantitative estimate of drug-likeness (QED) is 0.212. The SMILES string of the molecule is O=C(O)CC1(CSC(CCc2ccccc2)c2cccc(C=Cc3ccc4cc(F)c(F)cc4n3)c2)CC1. The lowest BCUT2D eigenvalue weighted by atomic mass is 10.0. The van der Waals surface area contributed by atoms with Crippen LogP contribution in [0.25, 0.3) is 23.1 Å². The molecule has 1 atom stereocenters. The molecule has 0 bridgehead atoms. The maximum Gasteiger partial charge on any atom is 0.303 e. The lowest BCUT2D eigenvalue weighted by Crippen LogP contribution is -2.12. The molecule has 1 unspecified atom stereocenters. The molecule has 1 saturated carbocycles. The topological polar surface area (TPSA) is 50.2 Å². The highest BCUT2D eigenvalue weighted by molar-refractivity contribution is 7.99. The van der Waals surface area contributed by atoms with Crippen molar-refractivity contribution in [1.82, 2.24) is 4.98 Å². The number of aromatic nitrogens is 1. The van der Waals surface area contributed by atoms with Crippen LogP contribution in [0.1, 0.15) is 53.3 Å². The summed E-state index contributed by atoms with van der Waals surface area (Å²) < 4.78 is 27.2. The average Bonchev–Trinajstić information content (AvgIpc) is 3.67. The van der Waals surface area contributed by atoms with Crippen molar-refractivity contribution in [1.29, 1.82) is 0 Å². The number of nitrogens with zero attached hydrogens (tertiary/aromatic N) is 1. The standard InChI is InChI=1S/C32H29F2NO2S/c33-27-18-24-11-13-26(35-29(24)19-28(27)34)12-9-23-7-4-8-25(17-23)30(14-10-22-5-2-1-3-6-22)38-21-32(15-16-32)20-31(36)37/h1-9,11-13,17-19,30H,10,14-16,20-21H2,(H,36,37). The van der Waals surface area contributed by atoms with Gasteiger partial charge < -0.3 is 5.11 Å². The van der Waals surface area contributed by atoms with Gasteiger partial charge in [0, 0.05) is 22.5 Å². The van der Waals surface area contributed by atoms with Gasteiger partial charge >= 0.3 is 5.97 Å². The average molecular weight is 530 g/mol. The summed E-state index contributed by atoms with van der Waals surface area (Å²) in [6.45, 7) is 0. The van der Waals surface area contributed by atoms with Crippen molar-refractivity contribution in [3.8, 4) is 0 Å². The Hall–Kier alpha value is -3.51. The van der Waals surface area contributed by atoms with Gasteiger partial charge in [0.2, 0.25) is 0 Å². The molecule has 0 radical (unpaired) electrons. The smallest absolute Gasteiger partial charge is 0.303 e. The van der Waals surface area contributed by atoms with E-state index in [0.29, 0.717) is 16.6 Å². The van der Waals surface area contributed by atoms with Crippen LogP contribution < -0.4 is 0 Å². The zero-order valence-electron chi connectivity index (χ0n) is 20.9. The Bertz CT molecular complexity index is 1470. The van der Waals surface area contributed by atoms with Crippen LogP contribution in [-0.2, 0) is 11.2 Å². The normalized spacial score (nSPS) is 15.1. The molecule has 1 aromatic heterocycles. The molecule has 1 aliphatic carbocycles. The molecule has 0 amide bonds. The predicted octanol–water partition coefficient (Wildman–Crippen LogP) is 8.35. The number of fused-ring (bicyclic) bond motifs is 1. The van der Waals surface area contributed by atoms with Crippen molar-refractivity contribution in [3.05, 3.63) is 113 Å². The summed E-state index contributed by atoms with van der Waals surface area (Å²) in [5.74, 6) is -1.66. The molecule has 38 heavy (non-hydrogen) atoms. The lowest BCUT2D eigenvalue weighted by Gasteiger charge is -2.21. The van der Waals surface area contributed by atoms with Crippen LogP contribution in [0.4, 0.5) is 8.78 Å². The van der Waals surface area contributed by atoms with Crippen molar-refractivity contribution >= 4 is 40.8 Å². The van der Waals surface area contributed by atoms with Gasteiger partial charge in [0.15, 0.2) is 11.6 Å². The number of rotatable bonds is 11. The van der Waals surface area contributed by atoms with Gasteiger partial charge in [-0.2, -0.15) is 11.8 Å². The fourth-order valence-electron chi connectivity index (χ4n) is 4.71. The van der Waals surface area contributed by atoms with E-state index in [-0.39, 0.29) is 17.1 Å². The number of benzene rings is 3. The van der Waals surface area contributed by atoms with Gasteiger partial charge in [-0.05, 0) is 66.0 Å². The minimum atomic E-state index is -0.908. The fourth-order valence-corrected chi connectivity index (χ4v) is 6.28. The monoisotopic (exact) mass is 529 g/mol. The number of aliphatic carboxylic acids is 1. The van der Waals surface area contributed by atoms with E-state index < -0.39 is 17.6 Å². The molecule has 1 heterocycles. The maximum absolute atomic E-state index is 13.7. The molecule has 194 valence electrons. The molecular formula is C32H29F2NO2S. The molecule has 0 aliphatic heterocycles. The van der Waals surface area contributed by atoms with Gasteiger partial charge in [-0.1, -0.05) is 66.7 Å². The molecule has 1 fully saturated rings. The van der Waals surface area contributed by atoms with Crippen LogP contribution >= 0.6 is 11.8 Å². The third-order valence-corrected chi connectivity index (χ3v) is 8.78. The summed E-state index contributed by atoms with van der Waals surface area (Å²) >= 11 is 1.87. The molecule has 6 heteroatoms. The minimum Gasteiger partial charge on any atom is -0.481 e. The van der Waals surface area contributed by atoms with E-state index in [1.54, 1.807) is 12.1 Å². The van der Waals surface area contributed by atoms with Crippen LogP contribution in [0, 0.1) is 17.0 Å². The van der Waals surface area contributed by atoms with Crippen LogP contribution in [-0.4, -0.2) is 21.8 Å². The van der Waals surface area contributed by atoms with E-state index in [1.807, 2.05) is 42.1 Å². The van der Waals surface area contributed by atoms with E-state index in [0.717, 1.165) is 49.1 Å². The number of carbonyl (C=O) groups is 1. The highest BCUT2D eigenvalue weighted by Gasteiger charge is 2.44. The second-order valence-corrected chi connectivity index (χ2v) is 11.3. The number of carboxylic acid groups (broad SMARTS) is 1. The highest BCUT2D eigenvalue weighted by Crippen LogP contribution is 2.53. The van der Waals surface area contributed by atoms with E-state index >= 15 is 0 Å². The first kappa shape index (κ1) is 26.1. The second-order valence-electron chi connectivity index (χ2n) is 10.1. The van der Waals surface area contributed by atoms with Crippen LogP contribution in [0.15, 0.2) is 78.9 Å². The van der Waals surface area contributed by atoms with E-state index in [1.165, 1.54) is 11.1 Å². The number of carboxylic acids is 1. The van der Waals surface area contributed by atoms with Gasteiger partial charge in [-0.3, -0.25) is 4.79 Å². The molecule has 0 saturated heterocycles. The fraction of sp³-hybridized carbons (Fsp3) is 0.250.